The Kier molecular flexibility index (Phi) is 9.18. The Morgan fingerprint density at radius 3 is 1.98 bits per heavy atom. The third-order valence-corrected chi connectivity index (χ3v) is 14.8. The van der Waals surface area contributed by atoms with E-state index in [1.54, 1.807) is 36.0 Å². The van der Waals surface area contributed by atoms with Gasteiger partial charge in [-0.15, -0.1) is 0 Å². The molecule has 1 N–H and O–H groups in total. The zero-order valence-electron chi connectivity index (χ0n) is 29.9. The van der Waals surface area contributed by atoms with Crippen molar-refractivity contribution in [1.82, 2.24) is 29.1 Å². The van der Waals surface area contributed by atoms with Gasteiger partial charge in [-0.05, 0) is 59.1 Å². The first-order valence-electron chi connectivity index (χ1n) is 17.0. The highest BCUT2D eigenvalue weighted by atomic mass is 28.4. The molecule has 0 amide bonds. The molecule has 1 fully saturated rings. The van der Waals surface area contributed by atoms with E-state index in [2.05, 4.69) is 66.0 Å². The molecule has 6 aromatic rings. The van der Waals surface area contributed by atoms with Gasteiger partial charge in [-0.3, -0.25) is 4.57 Å². The number of hydrogen-bond donors (Lipinski definition) is 1. The van der Waals surface area contributed by atoms with Crippen molar-refractivity contribution >= 4 is 25.1 Å². The molecule has 0 saturated carbocycles. The second-order valence-corrected chi connectivity index (χ2v) is 19.1. The summed E-state index contributed by atoms with van der Waals surface area (Å²) in [5.74, 6) is 1.46. The van der Waals surface area contributed by atoms with E-state index in [9.17, 15) is 5.11 Å². The lowest BCUT2D eigenvalue weighted by molar-refractivity contribution is -0.0930. The first-order chi connectivity index (χ1) is 24.5. The van der Waals surface area contributed by atoms with Gasteiger partial charge in [-0.1, -0.05) is 75.4 Å². The van der Waals surface area contributed by atoms with Crippen LogP contribution in [0.1, 0.15) is 43.7 Å². The van der Waals surface area contributed by atoms with Crippen molar-refractivity contribution in [2.45, 2.75) is 69.0 Å². The van der Waals surface area contributed by atoms with Crippen LogP contribution in [-0.4, -0.2) is 81.7 Å². The molecule has 4 heterocycles. The lowest BCUT2D eigenvalue weighted by atomic mass is 9.80. The Balaban J connectivity index is 1.32. The van der Waals surface area contributed by atoms with E-state index >= 15 is 0 Å². The summed E-state index contributed by atoms with van der Waals surface area (Å²) < 4.78 is 35.4. The normalized spacial score (nSPS) is 19.9. The molecule has 1 aliphatic rings. The van der Waals surface area contributed by atoms with Crippen molar-refractivity contribution in [3.63, 3.8) is 0 Å². The summed E-state index contributed by atoms with van der Waals surface area (Å²) in [4.78, 5) is 13.6. The molecule has 266 valence electrons. The summed E-state index contributed by atoms with van der Waals surface area (Å²) in [7, 11) is 0.873. The molecule has 1 saturated heterocycles. The van der Waals surface area contributed by atoms with Gasteiger partial charge < -0.3 is 28.5 Å². The van der Waals surface area contributed by atoms with Crippen LogP contribution >= 0.6 is 0 Å². The second kappa shape index (κ2) is 13.5. The second-order valence-electron chi connectivity index (χ2n) is 14.3. The van der Waals surface area contributed by atoms with Gasteiger partial charge in [-0.2, -0.15) is 5.10 Å². The number of aliphatic hydroxyl groups is 1. The fourth-order valence-corrected chi connectivity index (χ4v) is 7.79. The molecular weight excluding hydrogens is 665 g/mol. The Morgan fingerprint density at radius 1 is 0.784 bits per heavy atom. The summed E-state index contributed by atoms with van der Waals surface area (Å²) >= 11 is 0. The van der Waals surface area contributed by atoms with Crippen LogP contribution in [0.3, 0.4) is 0 Å². The molecular formula is C38H44N6O6Si. The number of imidazole rings is 1. The quantitative estimate of drug-likeness (QED) is 0.124. The van der Waals surface area contributed by atoms with Crippen LogP contribution in [0.5, 0.6) is 11.5 Å². The number of nitrogens with zero attached hydrogens (tertiary/aromatic N) is 6. The molecule has 1 aliphatic heterocycles. The number of aliphatic hydroxyl groups excluding tert-OH is 1. The van der Waals surface area contributed by atoms with Gasteiger partial charge in [-0.25, -0.2) is 19.5 Å². The summed E-state index contributed by atoms with van der Waals surface area (Å²) in [6, 6.07) is 25.9. The molecule has 0 spiro atoms. The van der Waals surface area contributed by atoms with Gasteiger partial charge >= 0.3 is 0 Å². The summed E-state index contributed by atoms with van der Waals surface area (Å²) in [5, 5.41) is 16.2. The first kappa shape index (κ1) is 34.8. The van der Waals surface area contributed by atoms with Crippen molar-refractivity contribution in [1.29, 1.82) is 0 Å². The number of hydrogen-bond acceptors (Lipinski definition) is 10. The van der Waals surface area contributed by atoms with Crippen LogP contribution in [-0.2, 0) is 19.5 Å². The van der Waals surface area contributed by atoms with E-state index in [0.29, 0.717) is 16.8 Å². The number of aromatic nitrogens is 6. The van der Waals surface area contributed by atoms with E-state index in [-0.39, 0.29) is 11.6 Å². The minimum absolute atomic E-state index is 0.0777. The number of ether oxygens (including phenoxy) is 4. The molecule has 0 unspecified atom stereocenters. The van der Waals surface area contributed by atoms with Crippen molar-refractivity contribution in [3.05, 3.63) is 115 Å². The van der Waals surface area contributed by atoms with Crippen LogP contribution in [0, 0.1) is 0 Å². The van der Waals surface area contributed by atoms with Crippen LogP contribution in [0.4, 0.5) is 0 Å². The zero-order chi connectivity index (χ0) is 36.0. The first-order valence-corrected chi connectivity index (χ1v) is 19.9. The fourth-order valence-electron chi connectivity index (χ4n) is 6.47. The van der Waals surface area contributed by atoms with Crippen molar-refractivity contribution in [2.24, 2.45) is 0 Å². The Hall–Kier alpha value is -4.66. The third kappa shape index (κ3) is 6.18. The molecule has 0 bridgehead atoms. The SMILES string of the molecule is COc1ccc(C(OC[C@H]2O[C@@H](n3cnc4c3ncn3ncnc43)[C@H](O)[C@@H]2O[Si](C)(C)C(C)(C)C)(c2ccccc2)c2ccc(OC)cc2)cc1. The average Bonchev–Trinajstić information content (AvgIpc) is 3.86. The van der Waals surface area contributed by atoms with Crippen LogP contribution in [0.15, 0.2) is 97.8 Å². The van der Waals surface area contributed by atoms with Crippen LogP contribution in [0.2, 0.25) is 18.1 Å². The maximum absolute atomic E-state index is 12.1. The standard InChI is InChI=1S/C38H44N6O6Si/c1-37(2,3)51(6,7)50-33-30(49-36(32(33)45)43-23-40-31-34(43)41-24-44-35(31)39-22-42-44)21-48-38(25-11-9-8-10-12-25,26-13-17-28(46-4)18-14-26)27-15-19-29(47-5)20-16-27/h8-20,22-24,30,32-33,36,45H,21H2,1-7H3/t30-,32-,33-,36-/m1/s1. The predicted molar refractivity (Wildman–Crippen MR) is 194 cm³/mol. The zero-order valence-corrected chi connectivity index (χ0v) is 30.9. The van der Waals surface area contributed by atoms with Gasteiger partial charge in [0.2, 0.25) is 0 Å². The Morgan fingerprint density at radius 2 is 1.39 bits per heavy atom. The van der Waals surface area contributed by atoms with E-state index < -0.39 is 38.5 Å². The van der Waals surface area contributed by atoms with Crippen LogP contribution < -0.4 is 9.47 Å². The fraction of sp³-hybridized carbons (Fsp3) is 0.368. The average molecular weight is 709 g/mol. The lowest BCUT2D eigenvalue weighted by Gasteiger charge is -2.41. The minimum atomic E-state index is -2.42. The van der Waals surface area contributed by atoms with Crippen molar-refractivity contribution < 1.29 is 28.5 Å². The van der Waals surface area contributed by atoms with Crippen LogP contribution in [0.25, 0.3) is 16.8 Å². The smallest absolute Gasteiger partial charge is 0.192 e. The Bertz CT molecular complexity index is 2050. The van der Waals surface area contributed by atoms with E-state index in [0.717, 1.165) is 28.2 Å². The molecule has 51 heavy (non-hydrogen) atoms. The van der Waals surface area contributed by atoms with E-state index in [1.807, 2.05) is 66.7 Å². The highest BCUT2D eigenvalue weighted by Gasteiger charge is 2.52. The molecule has 12 nitrogen and oxygen atoms in total. The molecule has 4 atom stereocenters. The molecule has 3 aromatic heterocycles. The maximum Gasteiger partial charge on any atom is 0.192 e. The van der Waals surface area contributed by atoms with Gasteiger partial charge in [0, 0.05) is 0 Å². The van der Waals surface area contributed by atoms with Gasteiger partial charge in [0.25, 0.3) is 0 Å². The van der Waals surface area contributed by atoms with E-state index in [1.165, 1.54) is 6.33 Å². The summed E-state index contributed by atoms with van der Waals surface area (Å²) in [6.07, 6.45) is 1.34. The van der Waals surface area contributed by atoms with Crippen molar-refractivity contribution in [3.8, 4) is 11.5 Å². The van der Waals surface area contributed by atoms with Gasteiger partial charge in [0.1, 0.15) is 48.1 Å². The van der Waals surface area contributed by atoms with Gasteiger partial charge in [0.05, 0.1) is 27.2 Å². The largest absolute Gasteiger partial charge is 0.497 e. The number of rotatable bonds is 11. The summed E-state index contributed by atoms with van der Waals surface area (Å²) in [5.41, 5.74) is 3.23. The van der Waals surface area contributed by atoms with Crippen molar-refractivity contribution in [2.75, 3.05) is 20.8 Å². The maximum atomic E-state index is 12.1. The number of benzene rings is 3. The predicted octanol–water partition coefficient (Wildman–Crippen LogP) is 6.15. The van der Waals surface area contributed by atoms with Gasteiger partial charge in [0.15, 0.2) is 31.4 Å². The molecule has 3 aromatic carbocycles. The third-order valence-electron chi connectivity index (χ3n) is 10.3. The topological polar surface area (TPSA) is 127 Å². The highest BCUT2D eigenvalue weighted by Crippen LogP contribution is 2.45. The number of methoxy groups -OCH3 is 2. The monoisotopic (exact) mass is 708 g/mol. The highest BCUT2D eigenvalue weighted by molar-refractivity contribution is 6.74. The van der Waals surface area contributed by atoms with E-state index in [4.69, 9.17) is 23.4 Å². The number of fused-ring (bicyclic) bond motifs is 3. The molecule has 0 aliphatic carbocycles. The minimum Gasteiger partial charge on any atom is -0.497 e. The Labute approximate surface area is 298 Å². The molecule has 13 heteroatoms. The molecule has 0 radical (unpaired) electrons. The lowest BCUT2D eigenvalue weighted by Crippen LogP contribution is -2.50. The molecule has 7 rings (SSSR count). The summed E-state index contributed by atoms with van der Waals surface area (Å²) in [6.45, 7) is 10.9.